The van der Waals surface area contributed by atoms with E-state index in [1.165, 1.54) is 0 Å². The van der Waals surface area contributed by atoms with Crippen LogP contribution >= 0.6 is 11.6 Å². The Labute approximate surface area is 162 Å². The molecule has 7 heteroatoms. The van der Waals surface area contributed by atoms with Gasteiger partial charge in [0.15, 0.2) is 11.5 Å². The maximum Gasteiger partial charge on any atom is 0.255 e. The maximum atomic E-state index is 12.6. The zero-order valence-corrected chi connectivity index (χ0v) is 15.6. The first-order chi connectivity index (χ1) is 13.1. The molecule has 0 atom stereocenters. The van der Waals surface area contributed by atoms with Crippen LogP contribution in [0.4, 0.5) is 17.2 Å². The Morgan fingerprint density at radius 1 is 1.00 bits per heavy atom. The number of nitrogens with one attached hydrogen (secondary N) is 2. The Morgan fingerprint density at radius 3 is 2.52 bits per heavy atom. The van der Waals surface area contributed by atoms with Crippen molar-refractivity contribution in [3.63, 3.8) is 0 Å². The summed E-state index contributed by atoms with van der Waals surface area (Å²) < 4.78 is 10.4. The third-order valence-electron chi connectivity index (χ3n) is 3.80. The van der Waals surface area contributed by atoms with Crippen LogP contribution in [0.3, 0.4) is 0 Å². The van der Waals surface area contributed by atoms with Gasteiger partial charge in [-0.15, -0.1) is 0 Å². The first kappa shape index (κ1) is 18.5. The molecule has 2 N–H and O–H groups in total. The Hall–Kier alpha value is -3.25. The third-order valence-corrected chi connectivity index (χ3v) is 4.13. The monoisotopic (exact) mass is 383 g/mol. The van der Waals surface area contributed by atoms with E-state index in [2.05, 4.69) is 15.6 Å². The van der Waals surface area contributed by atoms with Crippen LogP contribution in [0, 0.1) is 0 Å². The number of anilines is 3. The highest BCUT2D eigenvalue weighted by Crippen LogP contribution is 2.30. The molecule has 3 rings (SSSR count). The Kier molecular flexibility index (Phi) is 5.78. The molecule has 1 aromatic heterocycles. The van der Waals surface area contributed by atoms with Gasteiger partial charge in [0.05, 0.1) is 24.9 Å². The normalized spacial score (nSPS) is 10.2. The third kappa shape index (κ3) is 4.48. The lowest BCUT2D eigenvalue weighted by Crippen LogP contribution is -2.12. The van der Waals surface area contributed by atoms with Gasteiger partial charge < -0.3 is 20.1 Å². The SMILES string of the molecule is COc1ccc(NC(=O)c2ccnc(Nc3ccccc3Cl)c2)cc1OC. The largest absolute Gasteiger partial charge is 0.493 e. The molecule has 1 amide bonds. The van der Waals surface area contributed by atoms with Crippen LogP contribution in [0.25, 0.3) is 0 Å². The molecule has 0 bridgehead atoms. The fourth-order valence-electron chi connectivity index (χ4n) is 2.46. The van der Waals surface area contributed by atoms with E-state index in [1.54, 1.807) is 56.8 Å². The minimum Gasteiger partial charge on any atom is -0.493 e. The second-order valence-electron chi connectivity index (χ2n) is 5.56. The average Bonchev–Trinajstić information content (AvgIpc) is 2.70. The molecule has 27 heavy (non-hydrogen) atoms. The summed E-state index contributed by atoms with van der Waals surface area (Å²) >= 11 is 6.15. The van der Waals surface area contributed by atoms with E-state index in [0.717, 1.165) is 0 Å². The number of pyridine rings is 1. The molecule has 138 valence electrons. The number of nitrogens with zero attached hydrogens (tertiary/aromatic N) is 1. The van der Waals surface area contributed by atoms with Gasteiger partial charge in [-0.2, -0.15) is 0 Å². The molecule has 0 aliphatic rings. The van der Waals surface area contributed by atoms with Crippen LogP contribution in [0.15, 0.2) is 60.8 Å². The van der Waals surface area contributed by atoms with Gasteiger partial charge >= 0.3 is 0 Å². The predicted molar refractivity (Wildman–Crippen MR) is 106 cm³/mol. The summed E-state index contributed by atoms with van der Waals surface area (Å²) in [6.07, 6.45) is 1.56. The topological polar surface area (TPSA) is 72.5 Å². The molecule has 0 aliphatic heterocycles. The number of ether oxygens (including phenoxy) is 2. The summed E-state index contributed by atoms with van der Waals surface area (Å²) in [6, 6.07) is 15.8. The summed E-state index contributed by atoms with van der Waals surface area (Å²) in [5.41, 5.74) is 1.76. The number of aromatic nitrogens is 1. The lowest BCUT2D eigenvalue weighted by Gasteiger charge is -2.11. The fraction of sp³-hybridized carbons (Fsp3) is 0.100. The van der Waals surface area contributed by atoms with Gasteiger partial charge in [0.25, 0.3) is 5.91 Å². The Bertz CT molecular complexity index is 963. The minimum atomic E-state index is -0.271. The Morgan fingerprint density at radius 2 is 1.78 bits per heavy atom. The molecule has 0 saturated carbocycles. The number of amides is 1. The highest BCUT2D eigenvalue weighted by atomic mass is 35.5. The highest BCUT2D eigenvalue weighted by Gasteiger charge is 2.11. The first-order valence-corrected chi connectivity index (χ1v) is 8.49. The first-order valence-electron chi connectivity index (χ1n) is 8.11. The number of benzene rings is 2. The van der Waals surface area contributed by atoms with Gasteiger partial charge in [-0.3, -0.25) is 4.79 Å². The molecule has 3 aromatic rings. The van der Waals surface area contributed by atoms with E-state index in [0.29, 0.717) is 39.3 Å². The van der Waals surface area contributed by atoms with Crippen molar-refractivity contribution in [2.24, 2.45) is 0 Å². The van der Waals surface area contributed by atoms with Crippen LogP contribution in [0.5, 0.6) is 11.5 Å². The van der Waals surface area contributed by atoms with Gasteiger partial charge in [-0.1, -0.05) is 23.7 Å². The molecule has 6 nitrogen and oxygen atoms in total. The number of methoxy groups -OCH3 is 2. The molecule has 0 radical (unpaired) electrons. The maximum absolute atomic E-state index is 12.6. The summed E-state index contributed by atoms with van der Waals surface area (Å²) in [6.45, 7) is 0. The van der Waals surface area contributed by atoms with Crippen molar-refractivity contribution in [2.45, 2.75) is 0 Å². The number of rotatable bonds is 6. The van der Waals surface area contributed by atoms with E-state index in [4.69, 9.17) is 21.1 Å². The van der Waals surface area contributed by atoms with Crippen LogP contribution in [0.1, 0.15) is 10.4 Å². The molecule has 0 spiro atoms. The van der Waals surface area contributed by atoms with Crippen molar-refractivity contribution in [3.8, 4) is 11.5 Å². The van der Waals surface area contributed by atoms with Crippen molar-refractivity contribution in [2.75, 3.05) is 24.9 Å². The molecular formula is C20H18ClN3O3. The van der Waals surface area contributed by atoms with Crippen molar-refractivity contribution >= 4 is 34.7 Å². The summed E-state index contributed by atoms with van der Waals surface area (Å²) in [5, 5.41) is 6.50. The number of hydrogen-bond acceptors (Lipinski definition) is 5. The summed E-state index contributed by atoms with van der Waals surface area (Å²) in [7, 11) is 3.10. The minimum absolute atomic E-state index is 0.271. The fourth-order valence-corrected chi connectivity index (χ4v) is 2.64. The van der Waals surface area contributed by atoms with Gasteiger partial charge in [0, 0.05) is 23.5 Å². The number of carbonyl (C=O) groups is 1. The number of halogens is 1. The average molecular weight is 384 g/mol. The van der Waals surface area contributed by atoms with Crippen LogP contribution in [-0.4, -0.2) is 25.1 Å². The Balaban J connectivity index is 1.77. The van der Waals surface area contributed by atoms with E-state index in [9.17, 15) is 4.79 Å². The van der Waals surface area contributed by atoms with E-state index >= 15 is 0 Å². The van der Waals surface area contributed by atoms with Crippen molar-refractivity contribution in [1.82, 2.24) is 4.98 Å². The molecule has 2 aromatic carbocycles. The second-order valence-corrected chi connectivity index (χ2v) is 5.97. The lowest BCUT2D eigenvalue weighted by molar-refractivity contribution is 0.102. The van der Waals surface area contributed by atoms with E-state index in [1.807, 2.05) is 18.2 Å². The molecule has 0 saturated heterocycles. The highest BCUT2D eigenvalue weighted by molar-refractivity contribution is 6.33. The molecule has 0 aliphatic carbocycles. The van der Waals surface area contributed by atoms with Crippen molar-refractivity contribution in [3.05, 3.63) is 71.4 Å². The van der Waals surface area contributed by atoms with Gasteiger partial charge in [-0.05, 0) is 36.4 Å². The zero-order valence-electron chi connectivity index (χ0n) is 14.8. The van der Waals surface area contributed by atoms with Gasteiger partial charge in [0.2, 0.25) is 0 Å². The second kappa shape index (κ2) is 8.42. The molecule has 1 heterocycles. The smallest absolute Gasteiger partial charge is 0.255 e. The predicted octanol–water partition coefficient (Wildman–Crippen LogP) is 4.75. The molecule has 0 fully saturated rings. The van der Waals surface area contributed by atoms with Crippen LogP contribution in [-0.2, 0) is 0 Å². The van der Waals surface area contributed by atoms with Crippen molar-refractivity contribution < 1.29 is 14.3 Å². The quantitative estimate of drug-likeness (QED) is 0.642. The van der Waals surface area contributed by atoms with Crippen molar-refractivity contribution in [1.29, 1.82) is 0 Å². The van der Waals surface area contributed by atoms with Gasteiger partial charge in [0.1, 0.15) is 5.82 Å². The van der Waals surface area contributed by atoms with E-state index in [-0.39, 0.29) is 5.91 Å². The van der Waals surface area contributed by atoms with E-state index < -0.39 is 0 Å². The zero-order chi connectivity index (χ0) is 19.2. The summed E-state index contributed by atoms with van der Waals surface area (Å²) in [4.78, 5) is 16.8. The number of carbonyl (C=O) groups excluding carboxylic acids is 1. The number of para-hydroxylation sites is 1. The standard InChI is InChI=1S/C20H18ClN3O3/c1-26-17-8-7-14(12-18(17)27-2)23-20(25)13-9-10-22-19(11-13)24-16-6-4-3-5-15(16)21/h3-12H,1-2H3,(H,22,24)(H,23,25). The van der Waals surface area contributed by atoms with Crippen LogP contribution in [0.2, 0.25) is 5.02 Å². The molecular weight excluding hydrogens is 366 g/mol. The number of hydrogen-bond donors (Lipinski definition) is 2. The lowest BCUT2D eigenvalue weighted by atomic mass is 10.2. The van der Waals surface area contributed by atoms with Crippen LogP contribution < -0.4 is 20.1 Å². The molecule has 0 unspecified atom stereocenters. The summed E-state index contributed by atoms with van der Waals surface area (Å²) in [5.74, 6) is 1.37. The van der Waals surface area contributed by atoms with Gasteiger partial charge in [-0.25, -0.2) is 4.98 Å².